The maximum absolute atomic E-state index is 12.4. The first-order valence-electron chi connectivity index (χ1n) is 7.90. The number of nitrogens with zero attached hydrogens (tertiary/aromatic N) is 1. The van der Waals surface area contributed by atoms with Crippen molar-refractivity contribution >= 4 is 29.0 Å². The van der Waals surface area contributed by atoms with Crippen LogP contribution in [0.2, 0.25) is 0 Å². The first-order valence-corrected chi connectivity index (χ1v) is 8.72. The fourth-order valence-electron chi connectivity index (χ4n) is 2.46. The molecule has 1 aromatic heterocycles. The van der Waals surface area contributed by atoms with Crippen LogP contribution in [0.5, 0.6) is 5.75 Å². The molecular weight excluding hydrogens is 356 g/mol. The predicted octanol–water partition coefficient (Wildman–Crippen LogP) is 2.78. The van der Waals surface area contributed by atoms with Crippen molar-refractivity contribution in [3.63, 3.8) is 0 Å². The van der Waals surface area contributed by atoms with Gasteiger partial charge < -0.3 is 15.2 Å². The third-order valence-electron chi connectivity index (χ3n) is 3.79. The molecule has 0 radical (unpaired) electrons. The van der Waals surface area contributed by atoms with Crippen LogP contribution < -0.4 is 10.1 Å². The molecule has 0 fully saturated rings. The van der Waals surface area contributed by atoms with Crippen LogP contribution in [-0.2, 0) is 11.2 Å². The van der Waals surface area contributed by atoms with E-state index in [0.29, 0.717) is 27.6 Å². The minimum atomic E-state index is -1.03. The molecule has 1 unspecified atom stereocenters. The average Bonchev–Trinajstić information content (AvgIpc) is 2.96. The number of aryl methyl sites for hydroxylation is 1. The van der Waals surface area contributed by atoms with Crippen molar-refractivity contribution in [1.29, 1.82) is 0 Å². The van der Waals surface area contributed by atoms with Crippen LogP contribution >= 0.6 is 11.3 Å². The van der Waals surface area contributed by atoms with E-state index < -0.39 is 12.0 Å². The van der Waals surface area contributed by atoms with Crippen LogP contribution in [0.1, 0.15) is 56.2 Å². The molecule has 0 spiro atoms. The van der Waals surface area contributed by atoms with Gasteiger partial charge in [0.2, 0.25) is 5.91 Å². The maximum Gasteiger partial charge on any atom is 0.347 e. The molecular formula is C18H20N2O5S. The van der Waals surface area contributed by atoms with Crippen LogP contribution in [0.25, 0.3) is 0 Å². The Morgan fingerprint density at radius 1 is 1.35 bits per heavy atom. The van der Waals surface area contributed by atoms with Gasteiger partial charge in [-0.05, 0) is 39.0 Å². The lowest BCUT2D eigenvalue weighted by molar-refractivity contribution is -0.121. The van der Waals surface area contributed by atoms with Gasteiger partial charge in [0.15, 0.2) is 5.78 Å². The number of ether oxygens (including phenoxy) is 1. The summed E-state index contributed by atoms with van der Waals surface area (Å²) >= 11 is 1.04. The van der Waals surface area contributed by atoms with Crippen molar-refractivity contribution in [2.45, 2.75) is 33.2 Å². The van der Waals surface area contributed by atoms with Crippen LogP contribution in [0.3, 0.4) is 0 Å². The second-order valence-electron chi connectivity index (χ2n) is 5.82. The van der Waals surface area contributed by atoms with Gasteiger partial charge in [-0.3, -0.25) is 9.59 Å². The highest BCUT2D eigenvalue weighted by molar-refractivity contribution is 7.13. The Morgan fingerprint density at radius 2 is 2.04 bits per heavy atom. The molecule has 1 atom stereocenters. The highest BCUT2D eigenvalue weighted by atomic mass is 32.1. The number of rotatable bonds is 7. The number of methoxy groups -OCH3 is 1. The first kappa shape index (κ1) is 19.6. The molecule has 0 saturated carbocycles. The molecule has 2 aromatic rings. The highest BCUT2D eigenvalue weighted by Crippen LogP contribution is 2.24. The number of ketones is 1. The van der Waals surface area contributed by atoms with Crippen molar-refractivity contribution in [3.8, 4) is 5.75 Å². The number of hydrogen-bond donors (Lipinski definition) is 2. The Morgan fingerprint density at radius 3 is 2.58 bits per heavy atom. The van der Waals surface area contributed by atoms with Gasteiger partial charge in [-0.25, -0.2) is 9.78 Å². The number of amides is 1. The molecule has 0 saturated heterocycles. The maximum atomic E-state index is 12.4. The van der Waals surface area contributed by atoms with E-state index in [-0.39, 0.29) is 23.0 Å². The quantitative estimate of drug-likeness (QED) is 0.720. The average molecular weight is 376 g/mol. The first-order chi connectivity index (χ1) is 12.2. The van der Waals surface area contributed by atoms with Gasteiger partial charge in [-0.2, -0.15) is 0 Å². The summed E-state index contributed by atoms with van der Waals surface area (Å²) in [7, 11) is 1.50. The molecule has 0 aliphatic carbocycles. The third kappa shape index (κ3) is 4.45. The number of carboxylic acid groups (broad SMARTS) is 1. The van der Waals surface area contributed by atoms with Crippen molar-refractivity contribution in [1.82, 2.24) is 10.3 Å². The topological polar surface area (TPSA) is 106 Å². The van der Waals surface area contributed by atoms with E-state index in [9.17, 15) is 14.4 Å². The van der Waals surface area contributed by atoms with E-state index in [1.54, 1.807) is 32.0 Å². The van der Waals surface area contributed by atoms with Gasteiger partial charge in [-0.1, -0.05) is 0 Å². The number of nitrogens with one attached hydrogen (secondary N) is 1. The number of carbonyl (C=O) groups excluding carboxylic acids is 2. The molecule has 2 N–H and O–H groups in total. The summed E-state index contributed by atoms with van der Waals surface area (Å²) in [4.78, 5) is 39.4. The summed E-state index contributed by atoms with van der Waals surface area (Å²) in [5, 5.41) is 12.4. The zero-order valence-electron chi connectivity index (χ0n) is 15.0. The van der Waals surface area contributed by atoms with E-state index in [4.69, 9.17) is 9.84 Å². The Bertz CT molecular complexity index is 859. The van der Waals surface area contributed by atoms with Gasteiger partial charge in [0.1, 0.15) is 15.6 Å². The Hall–Kier alpha value is -2.74. The van der Waals surface area contributed by atoms with Gasteiger partial charge in [0, 0.05) is 11.1 Å². The molecule has 1 heterocycles. The summed E-state index contributed by atoms with van der Waals surface area (Å²) in [5.74, 6) is -0.880. The number of carbonyl (C=O) groups is 3. The van der Waals surface area contributed by atoms with Crippen LogP contribution in [0, 0.1) is 6.92 Å². The summed E-state index contributed by atoms with van der Waals surface area (Å²) in [6.45, 7) is 4.82. The van der Waals surface area contributed by atoms with Crippen molar-refractivity contribution < 1.29 is 24.2 Å². The number of aromatic nitrogens is 1. The molecule has 26 heavy (non-hydrogen) atoms. The Labute approximate surface area is 155 Å². The van der Waals surface area contributed by atoms with Crippen molar-refractivity contribution in [3.05, 3.63) is 44.9 Å². The Balaban J connectivity index is 2.13. The molecule has 0 aliphatic heterocycles. The van der Waals surface area contributed by atoms with Crippen molar-refractivity contribution in [2.24, 2.45) is 0 Å². The lowest BCUT2D eigenvalue weighted by Crippen LogP contribution is -2.28. The normalized spacial score (nSPS) is 11.7. The summed E-state index contributed by atoms with van der Waals surface area (Å²) < 4.78 is 5.25. The van der Waals surface area contributed by atoms with Crippen LogP contribution in [-0.4, -0.2) is 34.9 Å². The standard InChI is InChI=1S/C18H20N2O5S/c1-9-16(18(23)24)26-17(20-9)10(2)19-15(22)8-13-7-12(11(3)21)5-6-14(13)25-4/h5-7,10H,8H2,1-4H3,(H,19,22)(H,23,24). The molecule has 1 amide bonds. The summed E-state index contributed by atoms with van der Waals surface area (Å²) in [5.41, 5.74) is 1.53. The van der Waals surface area contributed by atoms with Gasteiger partial charge in [-0.15, -0.1) is 11.3 Å². The Kier molecular flexibility index (Phi) is 6.10. The van der Waals surface area contributed by atoms with Crippen LogP contribution in [0.15, 0.2) is 18.2 Å². The molecule has 7 nitrogen and oxygen atoms in total. The van der Waals surface area contributed by atoms with Gasteiger partial charge >= 0.3 is 5.97 Å². The highest BCUT2D eigenvalue weighted by Gasteiger charge is 2.20. The molecule has 138 valence electrons. The molecule has 1 aromatic carbocycles. The second kappa shape index (κ2) is 8.09. The smallest absolute Gasteiger partial charge is 0.347 e. The fourth-order valence-corrected chi connectivity index (χ4v) is 3.37. The van der Waals surface area contributed by atoms with E-state index in [2.05, 4.69) is 10.3 Å². The van der Waals surface area contributed by atoms with E-state index >= 15 is 0 Å². The van der Waals surface area contributed by atoms with E-state index in [1.807, 2.05) is 0 Å². The number of aromatic carboxylic acids is 1. The molecule has 0 bridgehead atoms. The summed E-state index contributed by atoms with van der Waals surface area (Å²) in [6, 6.07) is 4.52. The lowest BCUT2D eigenvalue weighted by Gasteiger charge is -2.13. The monoisotopic (exact) mass is 376 g/mol. The van der Waals surface area contributed by atoms with Crippen molar-refractivity contribution in [2.75, 3.05) is 7.11 Å². The predicted molar refractivity (Wildman–Crippen MR) is 97.1 cm³/mol. The zero-order chi connectivity index (χ0) is 19.4. The summed E-state index contributed by atoms with van der Waals surface area (Å²) in [6.07, 6.45) is 0.0325. The molecule has 0 aliphatic rings. The fraction of sp³-hybridized carbons (Fsp3) is 0.333. The molecule has 8 heteroatoms. The second-order valence-corrected chi connectivity index (χ2v) is 6.85. The number of carboxylic acids is 1. The lowest BCUT2D eigenvalue weighted by atomic mass is 10.0. The number of benzene rings is 1. The van der Waals surface area contributed by atoms with E-state index in [0.717, 1.165) is 11.3 Å². The third-order valence-corrected chi connectivity index (χ3v) is 5.12. The minimum Gasteiger partial charge on any atom is -0.496 e. The minimum absolute atomic E-state index is 0.0325. The van der Waals surface area contributed by atoms with Gasteiger partial charge in [0.05, 0.1) is 25.3 Å². The zero-order valence-corrected chi connectivity index (χ0v) is 15.8. The molecule has 2 rings (SSSR count). The number of hydrogen-bond acceptors (Lipinski definition) is 6. The number of Topliss-reactive ketones (excluding diaryl/α,β-unsaturated/α-hetero) is 1. The van der Waals surface area contributed by atoms with E-state index in [1.165, 1.54) is 14.0 Å². The SMILES string of the molecule is COc1ccc(C(C)=O)cc1CC(=O)NC(C)c1nc(C)c(C(=O)O)s1. The van der Waals surface area contributed by atoms with Crippen LogP contribution in [0.4, 0.5) is 0 Å². The number of thiazole rings is 1. The van der Waals surface area contributed by atoms with Gasteiger partial charge in [0.25, 0.3) is 0 Å². The largest absolute Gasteiger partial charge is 0.496 e.